The van der Waals surface area contributed by atoms with Crippen molar-refractivity contribution in [2.24, 2.45) is 5.84 Å². The van der Waals surface area contributed by atoms with Crippen LogP contribution in [-0.2, 0) is 4.79 Å². The second-order valence-corrected chi connectivity index (χ2v) is 4.32. The second kappa shape index (κ2) is 4.23. The normalized spacial score (nSPS) is 26.8. The van der Waals surface area contributed by atoms with E-state index in [1.165, 1.54) is 11.8 Å². The zero-order valence-corrected chi connectivity index (χ0v) is 8.65. The number of carbonyl (C=O) groups is 1. The number of rotatable bonds is 1. The van der Waals surface area contributed by atoms with Crippen molar-refractivity contribution < 1.29 is 4.79 Å². The van der Waals surface area contributed by atoms with Crippen LogP contribution in [0, 0.1) is 0 Å². The van der Waals surface area contributed by atoms with Crippen LogP contribution in [0.3, 0.4) is 0 Å². The molecule has 1 atom stereocenters. The van der Waals surface area contributed by atoms with E-state index in [1.54, 1.807) is 6.20 Å². The highest BCUT2D eigenvalue weighted by molar-refractivity contribution is 8.06. The summed E-state index contributed by atoms with van der Waals surface area (Å²) in [6.07, 6.45) is 1.67. The maximum atomic E-state index is 11.0. The quantitative estimate of drug-likeness (QED) is 0.201. The number of alkyl halides is 1. The molecular weight excluding hydrogens is 221 g/mol. The van der Waals surface area contributed by atoms with E-state index in [0.29, 0.717) is 0 Å². The van der Waals surface area contributed by atoms with Crippen LogP contribution >= 0.6 is 35.8 Å². The summed E-state index contributed by atoms with van der Waals surface area (Å²) in [7, 11) is 0. The smallest absolute Gasteiger partial charge is 0.286 e. The number of nitrogens with two attached hydrogens (primary N) is 1. The molecule has 0 bridgehead atoms. The predicted molar refractivity (Wildman–Crippen MR) is 52.6 cm³/mol. The van der Waals surface area contributed by atoms with Gasteiger partial charge in [0.25, 0.3) is 5.91 Å². The first-order chi connectivity index (χ1) is 5.08. The van der Waals surface area contributed by atoms with Crippen molar-refractivity contribution in [3.63, 3.8) is 0 Å². The summed E-state index contributed by atoms with van der Waals surface area (Å²) >= 11 is 7.05. The van der Waals surface area contributed by atoms with Gasteiger partial charge in [0.2, 0.25) is 4.33 Å². The van der Waals surface area contributed by atoms with Crippen molar-refractivity contribution in [1.29, 1.82) is 0 Å². The van der Waals surface area contributed by atoms with E-state index in [2.05, 4.69) is 5.32 Å². The third kappa shape index (κ3) is 2.20. The van der Waals surface area contributed by atoms with Gasteiger partial charge in [0.05, 0.1) is 0 Å². The molecular formula is C5H9Cl2N3OS. The van der Waals surface area contributed by atoms with Crippen molar-refractivity contribution in [3.05, 3.63) is 11.1 Å². The highest BCUT2D eigenvalue weighted by Gasteiger charge is 2.39. The molecule has 1 amide bonds. The molecule has 1 aliphatic heterocycles. The van der Waals surface area contributed by atoms with E-state index in [-0.39, 0.29) is 12.4 Å². The number of amides is 1. The third-order valence-electron chi connectivity index (χ3n) is 1.19. The predicted octanol–water partition coefficient (Wildman–Crippen LogP) is 0.488. The Morgan fingerprint density at radius 1 is 1.92 bits per heavy atom. The lowest BCUT2D eigenvalue weighted by Crippen LogP contribution is -2.49. The maximum absolute atomic E-state index is 11.0. The van der Waals surface area contributed by atoms with Gasteiger partial charge in [0.1, 0.15) is 0 Å². The van der Waals surface area contributed by atoms with Gasteiger partial charge in [-0.25, -0.2) is 5.84 Å². The number of carbonyl (C=O) groups excluding carboxylic acids is 1. The fourth-order valence-electron chi connectivity index (χ4n) is 0.680. The SMILES string of the molecule is CC1=CNC(Cl)(C(=O)NN)S1.Cl. The summed E-state index contributed by atoms with van der Waals surface area (Å²) in [4.78, 5) is 11.9. The van der Waals surface area contributed by atoms with E-state index in [4.69, 9.17) is 17.4 Å². The van der Waals surface area contributed by atoms with E-state index >= 15 is 0 Å². The van der Waals surface area contributed by atoms with E-state index in [0.717, 1.165) is 4.91 Å². The van der Waals surface area contributed by atoms with Gasteiger partial charge in [-0.2, -0.15) is 0 Å². The van der Waals surface area contributed by atoms with Crippen molar-refractivity contribution in [2.45, 2.75) is 11.3 Å². The van der Waals surface area contributed by atoms with Gasteiger partial charge in [0.15, 0.2) is 0 Å². The van der Waals surface area contributed by atoms with Crippen molar-refractivity contribution in [2.75, 3.05) is 0 Å². The molecule has 1 unspecified atom stereocenters. The fourth-order valence-corrected chi connectivity index (χ4v) is 1.99. The van der Waals surface area contributed by atoms with Gasteiger partial charge in [-0.05, 0) is 6.92 Å². The summed E-state index contributed by atoms with van der Waals surface area (Å²) in [6.45, 7) is 1.85. The Balaban J connectivity index is 0.00000121. The average molecular weight is 230 g/mol. The van der Waals surface area contributed by atoms with Crippen LogP contribution in [0.25, 0.3) is 0 Å². The first-order valence-corrected chi connectivity index (χ1v) is 4.11. The Morgan fingerprint density at radius 3 is 2.83 bits per heavy atom. The third-order valence-corrected chi connectivity index (χ3v) is 2.72. The number of allylic oxidation sites excluding steroid dienone is 1. The Morgan fingerprint density at radius 2 is 2.50 bits per heavy atom. The number of nitrogens with one attached hydrogen (secondary N) is 2. The topological polar surface area (TPSA) is 67.2 Å². The largest absolute Gasteiger partial charge is 0.356 e. The van der Waals surface area contributed by atoms with Crippen LogP contribution in [0.15, 0.2) is 11.1 Å². The van der Waals surface area contributed by atoms with Crippen LogP contribution in [0.5, 0.6) is 0 Å². The van der Waals surface area contributed by atoms with Crippen molar-refractivity contribution in [1.82, 2.24) is 10.7 Å². The van der Waals surface area contributed by atoms with Gasteiger partial charge < -0.3 is 5.32 Å². The summed E-state index contributed by atoms with van der Waals surface area (Å²) in [5.41, 5.74) is 1.98. The molecule has 0 radical (unpaired) electrons. The van der Waals surface area contributed by atoms with Crippen LogP contribution in [0.2, 0.25) is 0 Å². The highest BCUT2D eigenvalue weighted by atomic mass is 35.5. The zero-order chi connectivity index (χ0) is 8.48. The number of hydrazine groups is 1. The maximum Gasteiger partial charge on any atom is 0.286 e. The highest BCUT2D eigenvalue weighted by Crippen LogP contribution is 2.37. The van der Waals surface area contributed by atoms with Crippen molar-refractivity contribution >= 4 is 41.7 Å². The summed E-state index contributed by atoms with van der Waals surface area (Å²) in [5, 5.41) is 2.71. The lowest BCUT2D eigenvalue weighted by atomic mass is 10.6. The molecule has 0 saturated carbocycles. The van der Waals surface area contributed by atoms with E-state index in [1.807, 2.05) is 12.3 Å². The summed E-state index contributed by atoms with van der Waals surface area (Å²) in [6, 6.07) is 0. The molecule has 0 aromatic heterocycles. The van der Waals surface area contributed by atoms with Crippen LogP contribution in [0.4, 0.5) is 0 Å². The molecule has 0 aromatic rings. The summed E-state index contributed by atoms with van der Waals surface area (Å²) in [5.74, 6) is 4.48. The van der Waals surface area contributed by atoms with E-state index in [9.17, 15) is 4.79 Å². The van der Waals surface area contributed by atoms with Crippen LogP contribution < -0.4 is 16.6 Å². The Kier molecular flexibility index (Phi) is 4.19. The van der Waals surface area contributed by atoms with Crippen LogP contribution in [-0.4, -0.2) is 10.2 Å². The average Bonchev–Trinajstić information content (AvgIpc) is 2.31. The lowest BCUT2D eigenvalue weighted by Gasteiger charge is -2.18. The first kappa shape index (κ1) is 11.9. The number of halogens is 2. The van der Waals surface area contributed by atoms with Crippen LogP contribution in [0.1, 0.15) is 6.92 Å². The Hall–Kier alpha value is -0.100. The molecule has 4 N–H and O–H groups in total. The number of hydrogen-bond acceptors (Lipinski definition) is 4. The van der Waals surface area contributed by atoms with Gasteiger partial charge in [-0.3, -0.25) is 10.2 Å². The molecule has 0 fully saturated rings. The second-order valence-electron chi connectivity index (χ2n) is 2.07. The molecule has 0 saturated heterocycles. The fraction of sp³-hybridized carbons (Fsp3) is 0.400. The molecule has 70 valence electrons. The van der Waals surface area contributed by atoms with E-state index < -0.39 is 10.2 Å². The monoisotopic (exact) mass is 229 g/mol. The Bertz CT molecular complexity index is 223. The molecule has 7 heteroatoms. The summed E-state index contributed by atoms with van der Waals surface area (Å²) < 4.78 is -1.15. The minimum absolute atomic E-state index is 0. The number of thioether (sulfide) groups is 1. The molecule has 0 aliphatic carbocycles. The first-order valence-electron chi connectivity index (χ1n) is 2.92. The van der Waals surface area contributed by atoms with Gasteiger partial charge >= 0.3 is 0 Å². The minimum atomic E-state index is -1.15. The standard InChI is InChI=1S/C5H8ClN3OS.ClH/c1-3-2-8-5(6,11-3)4(10)9-7;/h2,8H,7H2,1H3,(H,9,10);1H. The Labute approximate surface area is 85.7 Å². The zero-order valence-electron chi connectivity index (χ0n) is 6.26. The minimum Gasteiger partial charge on any atom is -0.356 e. The molecule has 1 heterocycles. The molecule has 1 aliphatic rings. The lowest BCUT2D eigenvalue weighted by molar-refractivity contribution is -0.121. The van der Waals surface area contributed by atoms with Crippen molar-refractivity contribution in [3.8, 4) is 0 Å². The molecule has 0 aromatic carbocycles. The molecule has 0 spiro atoms. The van der Waals surface area contributed by atoms with Gasteiger partial charge in [-0.1, -0.05) is 23.4 Å². The van der Waals surface area contributed by atoms with Gasteiger partial charge in [0, 0.05) is 11.1 Å². The molecule has 1 rings (SSSR count). The molecule has 12 heavy (non-hydrogen) atoms. The number of hydrogen-bond donors (Lipinski definition) is 3. The molecule has 4 nitrogen and oxygen atoms in total. The van der Waals surface area contributed by atoms with Gasteiger partial charge in [-0.15, -0.1) is 12.4 Å².